The van der Waals surface area contributed by atoms with E-state index in [1.807, 2.05) is 5.01 Å². The molecule has 140 valence electrons. The quantitative estimate of drug-likeness (QED) is 0.827. The van der Waals surface area contributed by atoms with Crippen molar-refractivity contribution in [1.82, 2.24) is 20.2 Å². The minimum atomic E-state index is 0.308. The first-order valence-electron chi connectivity index (χ1n) is 10.7. The van der Waals surface area contributed by atoms with Gasteiger partial charge in [-0.3, -0.25) is 14.7 Å². The number of hydrogen-bond acceptors (Lipinski definition) is 4. The number of amides is 1. The lowest BCUT2D eigenvalue weighted by Gasteiger charge is -2.47. The van der Waals surface area contributed by atoms with Gasteiger partial charge in [-0.15, -0.1) is 0 Å². The highest BCUT2D eigenvalue weighted by Crippen LogP contribution is 2.57. The maximum atomic E-state index is 13.2. The number of rotatable bonds is 2. The molecule has 1 amide bonds. The molecule has 5 nitrogen and oxygen atoms in total. The molecular formula is C20H34N4O. The van der Waals surface area contributed by atoms with Crippen molar-refractivity contribution < 1.29 is 4.79 Å². The zero-order valence-electron chi connectivity index (χ0n) is 15.7. The summed E-state index contributed by atoms with van der Waals surface area (Å²) in [6.07, 6.45) is 9.41. The Morgan fingerprint density at radius 2 is 1.64 bits per heavy atom. The average molecular weight is 347 g/mol. The van der Waals surface area contributed by atoms with E-state index < -0.39 is 0 Å². The van der Waals surface area contributed by atoms with Gasteiger partial charge in [0.05, 0.1) is 6.67 Å². The molecule has 25 heavy (non-hydrogen) atoms. The van der Waals surface area contributed by atoms with Crippen LogP contribution in [0, 0.1) is 29.6 Å². The molecule has 5 fully saturated rings. The van der Waals surface area contributed by atoms with Crippen LogP contribution >= 0.6 is 0 Å². The van der Waals surface area contributed by atoms with Crippen LogP contribution in [0.5, 0.6) is 0 Å². The number of likely N-dealkylation sites (N-methyl/N-ethyl adjacent to an activating group) is 1. The molecule has 2 aliphatic heterocycles. The van der Waals surface area contributed by atoms with Crippen LogP contribution in [0.2, 0.25) is 0 Å². The number of hydrogen-bond donors (Lipinski definition) is 1. The van der Waals surface area contributed by atoms with Gasteiger partial charge < -0.3 is 4.90 Å². The molecule has 5 aliphatic rings. The predicted molar refractivity (Wildman–Crippen MR) is 97.5 cm³/mol. The molecule has 3 aliphatic carbocycles. The molecular weight excluding hydrogens is 312 g/mol. The van der Waals surface area contributed by atoms with Crippen molar-refractivity contribution in [2.45, 2.75) is 51.0 Å². The number of hydrazine groups is 1. The molecule has 0 radical (unpaired) electrons. The molecule has 0 aromatic heterocycles. The van der Waals surface area contributed by atoms with E-state index in [0.717, 1.165) is 57.0 Å². The van der Waals surface area contributed by atoms with E-state index in [4.69, 9.17) is 0 Å². The molecule has 1 N–H and O–H groups in total. The van der Waals surface area contributed by atoms with Crippen molar-refractivity contribution in [3.63, 3.8) is 0 Å². The monoisotopic (exact) mass is 346 g/mol. The lowest BCUT2D eigenvalue weighted by molar-refractivity contribution is -0.155. The zero-order valence-corrected chi connectivity index (χ0v) is 15.7. The van der Waals surface area contributed by atoms with Gasteiger partial charge in [0.2, 0.25) is 5.91 Å². The van der Waals surface area contributed by atoms with Gasteiger partial charge >= 0.3 is 0 Å². The van der Waals surface area contributed by atoms with Crippen LogP contribution < -0.4 is 5.43 Å². The SMILES string of the molecule is CN1CCN(CN2NC3C4CCCCC4C4CCCC(C2=O)C43)CC1. The molecule has 0 aromatic carbocycles. The summed E-state index contributed by atoms with van der Waals surface area (Å²) in [5, 5.41) is 2.04. The summed E-state index contributed by atoms with van der Waals surface area (Å²) in [5.41, 5.74) is 3.78. The van der Waals surface area contributed by atoms with Gasteiger partial charge in [0, 0.05) is 38.1 Å². The Labute approximate surface area is 152 Å². The van der Waals surface area contributed by atoms with E-state index in [1.54, 1.807) is 0 Å². The Hall–Kier alpha value is -0.650. The molecule has 0 bridgehead atoms. The summed E-state index contributed by atoms with van der Waals surface area (Å²) in [5.74, 6) is 3.91. The third-order valence-corrected chi connectivity index (χ3v) is 8.14. The van der Waals surface area contributed by atoms with Crippen molar-refractivity contribution in [1.29, 1.82) is 0 Å². The van der Waals surface area contributed by atoms with E-state index in [-0.39, 0.29) is 0 Å². The van der Waals surface area contributed by atoms with E-state index in [1.165, 1.54) is 38.5 Å². The number of nitrogens with one attached hydrogen (secondary N) is 1. The largest absolute Gasteiger partial charge is 0.304 e. The molecule has 5 rings (SSSR count). The lowest BCUT2D eigenvalue weighted by atomic mass is 9.68. The Morgan fingerprint density at radius 3 is 2.44 bits per heavy atom. The number of fused-ring (bicyclic) bond motifs is 3. The van der Waals surface area contributed by atoms with E-state index in [2.05, 4.69) is 22.3 Å². The smallest absolute Gasteiger partial charge is 0.241 e. The van der Waals surface area contributed by atoms with Gasteiger partial charge in [0.15, 0.2) is 0 Å². The van der Waals surface area contributed by atoms with Crippen LogP contribution in [-0.4, -0.2) is 66.7 Å². The Morgan fingerprint density at radius 1 is 0.920 bits per heavy atom. The fourth-order valence-electron chi connectivity index (χ4n) is 6.94. The zero-order chi connectivity index (χ0) is 17.0. The van der Waals surface area contributed by atoms with Gasteiger partial charge in [0.1, 0.15) is 0 Å². The third kappa shape index (κ3) is 2.74. The van der Waals surface area contributed by atoms with Crippen LogP contribution in [0.25, 0.3) is 0 Å². The summed E-state index contributed by atoms with van der Waals surface area (Å²) < 4.78 is 0. The minimum absolute atomic E-state index is 0.308. The standard InChI is InChI=1S/C20H34N4O/c1-22-9-11-23(12-10-22)13-24-20(25)17-8-4-7-15-14-5-2-3-6-16(14)19(21-24)18(15)17/h14-19,21H,2-13H2,1H3. The third-order valence-electron chi connectivity index (χ3n) is 8.14. The summed E-state index contributed by atoms with van der Waals surface area (Å²) in [7, 11) is 2.19. The van der Waals surface area contributed by atoms with Crippen LogP contribution in [0.4, 0.5) is 0 Å². The fourth-order valence-corrected chi connectivity index (χ4v) is 6.94. The van der Waals surface area contributed by atoms with Gasteiger partial charge in [-0.25, -0.2) is 5.43 Å². The summed E-state index contributed by atoms with van der Waals surface area (Å²) in [6, 6.07) is 0.575. The van der Waals surface area contributed by atoms with Gasteiger partial charge in [-0.05, 0) is 56.4 Å². The first-order valence-corrected chi connectivity index (χ1v) is 10.7. The van der Waals surface area contributed by atoms with Gasteiger partial charge in [0.25, 0.3) is 0 Å². The second-order valence-electron chi connectivity index (χ2n) is 9.37. The van der Waals surface area contributed by atoms with Crippen LogP contribution in [0.15, 0.2) is 0 Å². The topological polar surface area (TPSA) is 38.8 Å². The van der Waals surface area contributed by atoms with Gasteiger partial charge in [-0.2, -0.15) is 0 Å². The van der Waals surface area contributed by atoms with Crippen molar-refractivity contribution in [2.75, 3.05) is 39.9 Å². The normalized spacial score (nSPS) is 45.3. The second kappa shape index (κ2) is 6.50. The molecule has 3 saturated carbocycles. The van der Waals surface area contributed by atoms with E-state index in [0.29, 0.717) is 23.8 Å². The molecule has 6 unspecified atom stereocenters. The highest BCUT2D eigenvalue weighted by atomic mass is 16.2. The highest BCUT2D eigenvalue weighted by molar-refractivity contribution is 5.80. The Kier molecular flexibility index (Phi) is 4.30. The number of nitrogens with zero attached hydrogens (tertiary/aromatic N) is 3. The number of carbonyl (C=O) groups excluding carboxylic acids is 1. The van der Waals surface area contributed by atoms with Crippen molar-refractivity contribution in [2.24, 2.45) is 29.6 Å². The molecule has 0 spiro atoms. The Balaban J connectivity index is 1.35. The molecule has 6 atom stereocenters. The number of carbonyl (C=O) groups is 1. The maximum Gasteiger partial charge on any atom is 0.241 e. The average Bonchev–Trinajstić information content (AvgIpc) is 2.96. The first-order chi connectivity index (χ1) is 12.2. The summed E-state index contributed by atoms with van der Waals surface area (Å²) >= 11 is 0. The Bertz CT molecular complexity index is 518. The molecule has 2 saturated heterocycles. The fraction of sp³-hybridized carbons (Fsp3) is 0.950. The van der Waals surface area contributed by atoms with Crippen LogP contribution in [0.3, 0.4) is 0 Å². The molecule has 0 aromatic rings. The van der Waals surface area contributed by atoms with Crippen molar-refractivity contribution >= 4 is 5.91 Å². The van der Waals surface area contributed by atoms with Crippen LogP contribution in [0.1, 0.15) is 44.9 Å². The van der Waals surface area contributed by atoms with E-state index in [9.17, 15) is 4.79 Å². The first kappa shape index (κ1) is 16.5. The molecule has 5 heteroatoms. The van der Waals surface area contributed by atoms with E-state index >= 15 is 0 Å². The summed E-state index contributed by atoms with van der Waals surface area (Å²) in [4.78, 5) is 18.1. The minimum Gasteiger partial charge on any atom is -0.304 e. The number of piperazine rings is 1. The predicted octanol–water partition coefficient (Wildman–Crippen LogP) is 1.76. The second-order valence-corrected chi connectivity index (χ2v) is 9.37. The van der Waals surface area contributed by atoms with Crippen LogP contribution in [-0.2, 0) is 4.79 Å². The highest BCUT2D eigenvalue weighted by Gasteiger charge is 2.58. The maximum absolute atomic E-state index is 13.2. The summed E-state index contributed by atoms with van der Waals surface area (Å²) in [6.45, 7) is 5.17. The lowest BCUT2D eigenvalue weighted by Crippen LogP contribution is -2.64. The van der Waals surface area contributed by atoms with Gasteiger partial charge in [-0.1, -0.05) is 19.3 Å². The van der Waals surface area contributed by atoms with Crippen molar-refractivity contribution in [3.05, 3.63) is 0 Å². The molecule has 2 heterocycles. The van der Waals surface area contributed by atoms with Crippen molar-refractivity contribution in [3.8, 4) is 0 Å².